The van der Waals surface area contributed by atoms with Gasteiger partial charge < -0.3 is 20.7 Å². The lowest BCUT2D eigenvalue weighted by Crippen LogP contribution is -2.50. The van der Waals surface area contributed by atoms with Crippen molar-refractivity contribution in [2.45, 2.75) is 52.8 Å². The second-order valence-corrected chi connectivity index (χ2v) is 7.43. The van der Waals surface area contributed by atoms with Gasteiger partial charge in [0.2, 0.25) is 0 Å². The molecule has 0 aromatic heterocycles. The second kappa shape index (κ2) is 12.0. The molecule has 0 heterocycles. The molecular formula is C19H32FIN4O2. The molecule has 0 aliphatic heterocycles. The van der Waals surface area contributed by atoms with Gasteiger partial charge in [0.25, 0.3) is 0 Å². The largest absolute Gasteiger partial charge is 0.444 e. The van der Waals surface area contributed by atoms with Gasteiger partial charge in [-0.1, -0.05) is 26.0 Å². The second-order valence-electron chi connectivity index (χ2n) is 7.43. The van der Waals surface area contributed by atoms with Crippen LogP contribution in [-0.2, 0) is 11.3 Å². The first-order valence-corrected chi connectivity index (χ1v) is 8.79. The van der Waals surface area contributed by atoms with E-state index in [0.717, 1.165) is 5.56 Å². The van der Waals surface area contributed by atoms with Crippen molar-refractivity contribution in [3.05, 3.63) is 35.6 Å². The zero-order valence-electron chi connectivity index (χ0n) is 16.9. The number of guanidine groups is 1. The molecule has 0 bridgehead atoms. The number of nitrogens with one attached hydrogen (secondary N) is 3. The van der Waals surface area contributed by atoms with Crippen molar-refractivity contribution in [1.82, 2.24) is 16.0 Å². The topological polar surface area (TPSA) is 74.8 Å². The zero-order valence-corrected chi connectivity index (χ0v) is 19.3. The first-order chi connectivity index (χ1) is 12.1. The zero-order chi connectivity index (χ0) is 19.7. The summed E-state index contributed by atoms with van der Waals surface area (Å²) < 4.78 is 18.5. The Bertz CT molecular complexity index is 618. The number of carbonyl (C=O) groups is 1. The molecule has 0 fully saturated rings. The van der Waals surface area contributed by atoms with Crippen LogP contribution in [0, 0.1) is 11.7 Å². The Labute approximate surface area is 178 Å². The number of hydrogen-bond acceptors (Lipinski definition) is 3. The highest BCUT2D eigenvalue weighted by Crippen LogP contribution is 2.08. The first kappa shape index (κ1) is 25.4. The Morgan fingerprint density at radius 1 is 1.26 bits per heavy atom. The van der Waals surface area contributed by atoms with Gasteiger partial charge in [-0.15, -0.1) is 24.0 Å². The third kappa shape index (κ3) is 11.0. The van der Waals surface area contributed by atoms with E-state index in [1.165, 1.54) is 12.1 Å². The molecule has 0 aliphatic carbocycles. The molecule has 0 saturated heterocycles. The summed E-state index contributed by atoms with van der Waals surface area (Å²) >= 11 is 0. The summed E-state index contributed by atoms with van der Waals surface area (Å²) in [4.78, 5) is 16.1. The Hall–Kier alpha value is -1.58. The minimum Gasteiger partial charge on any atom is -0.444 e. The molecule has 0 aliphatic rings. The van der Waals surface area contributed by atoms with Gasteiger partial charge in [0.15, 0.2) is 5.96 Å². The van der Waals surface area contributed by atoms with Crippen molar-refractivity contribution in [2.75, 3.05) is 13.6 Å². The highest BCUT2D eigenvalue weighted by molar-refractivity contribution is 14.0. The van der Waals surface area contributed by atoms with Crippen LogP contribution >= 0.6 is 24.0 Å². The van der Waals surface area contributed by atoms with Crippen molar-refractivity contribution in [3.63, 3.8) is 0 Å². The van der Waals surface area contributed by atoms with Gasteiger partial charge >= 0.3 is 6.09 Å². The normalized spacial score (nSPS) is 12.8. The van der Waals surface area contributed by atoms with E-state index in [1.807, 2.05) is 40.7 Å². The van der Waals surface area contributed by atoms with E-state index in [0.29, 0.717) is 19.0 Å². The number of halogens is 2. The molecule has 1 rings (SSSR count). The lowest BCUT2D eigenvalue weighted by atomic mass is 10.0. The summed E-state index contributed by atoms with van der Waals surface area (Å²) in [6.07, 6.45) is -0.444. The third-order valence-corrected chi connectivity index (χ3v) is 3.57. The highest BCUT2D eigenvalue weighted by atomic mass is 127. The maximum absolute atomic E-state index is 13.2. The quantitative estimate of drug-likeness (QED) is 0.321. The first-order valence-electron chi connectivity index (χ1n) is 8.79. The molecule has 27 heavy (non-hydrogen) atoms. The summed E-state index contributed by atoms with van der Waals surface area (Å²) in [5.74, 6) is 0.510. The average molecular weight is 494 g/mol. The van der Waals surface area contributed by atoms with Gasteiger partial charge in [-0.2, -0.15) is 0 Å². The number of benzene rings is 1. The maximum Gasteiger partial charge on any atom is 0.407 e. The number of amides is 1. The number of hydrogen-bond donors (Lipinski definition) is 3. The standard InChI is InChI=1S/C19H31FN4O2.HI/c1-13(2)16(24-18(25)26-19(3,4)5)12-23-17(21-6)22-11-14-8-7-9-15(20)10-14;/h7-10,13,16H,11-12H2,1-6H3,(H,24,25)(H2,21,22,23);1H. The Kier molecular flexibility index (Phi) is 11.3. The number of aliphatic imine (C=N–C) groups is 1. The smallest absolute Gasteiger partial charge is 0.407 e. The van der Waals surface area contributed by atoms with E-state index in [9.17, 15) is 9.18 Å². The molecular weight excluding hydrogens is 462 g/mol. The number of nitrogens with zero attached hydrogens (tertiary/aromatic N) is 1. The minimum absolute atomic E-state index is 0. The number of carbonyl (C=O) groups excluding carboxylic acids is 1. The Morgan fingerprint density at radius 3 is 2.44 bits per heavy atom. The average Bonchev–Trinajstić information content (AvgIpc) is 2.52. The Morgan fingerprint density at radius 2 is 1.93 bits per heavy atom. The van der Waals surface area contributed by atoms with E-state index in [2.05, 4.69) is 20.9 Å². The van der Waals surface area contributed by atoms with Gasteiger partial charge in [-0.3, -0.25) is 4.99 Å². The molecule has 0 radical (unpaired) electrons. The summed E-state index contributed by atoms with van der Waals surface area (Å²) in [6.45, 7) is 10.5. The monoisotopic (exact) mass is 494 g/mol. The minimum atomic E-state index is -0.540. The lowest BCUT2D eigenvalue weighted by Gasteiger charge is -2.26. The highest BCUT2D eigenvalue weighted by Gasteiger charge is 2.21. The van der Waals surface area contributed by atoms with Gasteiger partial charge in [-0.05, 0) is 44.4 Å². The molecule has 1 atom stereocenters. The van der Waals surface area contributed by atoms with Crippen molar-refractivity contribution in [1.29, 1.82) is 0 Å². The Balaban J connectivity index is 0.00000676. The number of ether oxygens (including phenoxy) is 1. The fourth-order valence-corrected chi connectivity index (χ4v) is 2.17. The fraction of sp³-hybridized carbons (Fsp3) is 0.579. The van der Waals surface area contributed by atoms with Crippen LogP contribution in [0.3, 0.4) is 0 Å². The van der Waals surface area contributed by atoms with Crippen LogP contribution in [0.1, 0.15) is 40.2 Å². The lowest BCUT2D eigenvalue weighted by molar-refractivity contribution is 0.0491. The van der Waals surface area contributed by atoms with Crippen molar-refractivity contribution >= 4 is 36.0 Å². The molecule has 1 unspecified atom stereocenters. The number of rotatable bonds is 6. The van der Waals surface area contributed by atoms with Crippen LogP contribution in [0.25, 0.3) is 0 Å². The molecule has 0 saturated carbocycles. The molecule has 6 nitrogen and oxygen atoms in total. The van der Waals surface area contributed by atoms with Crippen LogP contribution in [-0.4, -0.2) is 37.3 Å². The van der Waals surface area contributed by atoms with Crippen molar-refractivity contribution in [3.8, 4) is 0 Å². The summed E-state index contributed by atoms with van der Waals surface area (Å²) in [6, 6.07) is 6.26. The SMILES string of the molecule is CN=C(NCc1cccc(F)c1)NCC(NC(=O)OC(C)(C)C)C(C)C.I. The van der Waals surface area contributed by atoms with Crippen LogP contribution in [0.15, 0.2) is 29.3 Å². The van der Waals surface area contributed by atoms with Crippen LogP contribution in [0.4, 0.5) is 9.18 Å². The van der Waals surface area contributed by atoms with Crippen LogP contribution in [0.2, 0.25) is 0 Å². The third-order valence-electron chi connectivity index (χ3n) is 3.57. The predicted molar refractivity (Wildman–Crippen MR) is 118 cm³/mol. The van der Waals surface area contributed by atoms with E-state index in [4.69, 9.17) is 4.74 Å². The predicted octanol–water partition coefficient (Wildman–Crippen LogP) is 3.66. The summed E-state index contributed by atoms with van der Waals surface area (Å²) in [5, 5.41) is 9.18. The molecule has 3 N–H and O–H groups in total. The fourth-order valence-electron chi connectivity index (χ4n) is 2.17. The van der Waals surface area contributed by atoms with E-state index < -0.39 is 11.7 Å². The van der Waals surface area contributed by atoms with Gasteiger partial charge in [0.05, 0.1) is 6.04 Å². The maximum atomic E-state index is 13.2. The molecule has 1 aromatic carbocycles. The van der Waals surface area contributed by atoms with E-state index in [1.54, 1.807) is 13.1 Å². The molecule has 8 heteroatoms. The molecule has 1 amide bonds. The molecule has 154 valence electrons. The van der Waals surface area contributed by atoms with E-state index >= 15 is 0 Å². The van der Waals surface area contributed by atoms with Crippen LogP contribution in [0.5, 0.6) is 0 Å². The van der Waals surface area contributed by atoms with Crippen molar-refractivity contribution < 1.29 is 13.9 Å². The summed E-state index contributed by atoms with van der Waals surface area (Å²) in [5.41, 5.74) is 0.280. The molecule has 0 spiro atoms. The molecule has 1 aromatic rings. The summed E-state index contributed by atoms with van der Waals surface area (Å²) in [7, 11) is 1.66. The van der Waals surface area contributed by atoms with Crippen LogP contribution < -0.4 is 16.0 Å². The number of alkyl carbamates (subject to hydrolysis) is 1. The van der Waals surface area contributed by atoms with Gasteiger partial charge in [0.1, 0.15) is 11.4 Å². The van der Waals surface area contributed by atoms with Crippen molar-refractivity contribution in [2.24, 2.45) is 10.9 Å². The van der Waals surface area contributed by atoms with E-state index in [-0.39, 0.29) is 41.8 Å². The van der Waals surface area contributed by atoms with Gasteiger partial charge in [0, 0.05) is 20.1 Å². The van der Waals surface area contributed by atoms with Gasteiger partial charge in [-0.25, -0.2) is 9.18 Å².